The van der Waals surface area contributed by atoms with Gasteiger partial charge in [0.25, 0.3) is 11.8 Å². The highest BCUT2D eigenvalue weighted by atomic mass is 16.6. The summed E-state index contributed by atoms with van der Waals surface area (Å²) >= 11 is 0. The fourth-order valence-corrected chi connectivity index (χ4v) is 2.42. The molecule has 0 saturated carbocycles. The van der Waals surface area contributed by atoms with Crippen LogP contribution in [0.2, 0.25) is 0 Å². The number of carbonyl (C=O) groups excluding carboxylic acids is 3. The SMILES string of the molecule is COc1ccc(C(=O)O[C@H](C)C(=O)NNC(=O)c2ccccc2)c(OC)c1OC. The number of amides is 2. The molecule has 2 N–H and O–H groups in total. The van der Waals surface area contributed by atoms with E-state index < -0.39 is 23.9 Å². The predicted molar refractivity (Wildman–Crippen MR) is 103 cm³/mol. The molecule has 1 atom stereocenters. The maximum atomic E-state index is 12.5. The molecule has 0 heterocycles. The fourth-order valence-electron chi connectivity index (χ4n) is 2.42. The van der Waals surface area contributed by atoms with E-state index in [1.807, 2.05) is 0 Å². The predicted octanol–water partition coefficient (Wildman–Crippen LogP) is 1.72. The van der Waals surface area contributed by atoms with Crippen LogP contribution < -0.4 is 25.1 Å². The van der Waals surface area contributed by atoms with E-state index in [0.717, 1.165) is 0 Å². The normalized spacial score (nSPS) is 11.0. The van der Waals surface area contributed by atoms with Gasteiger partial charge in [0, 0.05) is 5.56 Å². The van der Waals surface area contributed by atoms with E-state index in [1.165, 1.54) is 40.4 Å². The highest BCUT2D eigenvalue weighted by Gasteiger charge is 2.25. The van der Waals surface area contributed by atoms with Crippen LogP contribution in [0.4, 0.5) is 0 Å². The van der Waals surface area contributed by atoms with Gasteiger partial charge in [-0.2, -0.15) is 0 Å². The van der Waals surface area contributed by atoms with E-state index >= 15 is 0 Å². The third-order valence-electron chi connectivity index (χ3n) is 3.91. The first-order chi connectivity index (χ1) is 13.9. The molecule has 0 aliphatic rings. The summed E-state index contributed by atoms with van der Waals surface area (Å²) in [7, 11) is 4.22. The lowest BCUT2D eigenvalue weighted by atomic mass is 10.1. The second-order valence-electron chi connectivity index (χ2n) is 5.74. The molecule has 0 aliphatic carbocycles. The minimum atomic E-state index is -1.18. The maximum Gasteiger partial charge on any atom is 0.342 e. The van der Waals surface area contributed by atoms with E-state index in [1.54, 1.807) is 30.3 Å². The third-order valence-corrected chi connectivity index (χ3v) is 3.91. The molecule has 0 fully saturated rings. The Hall–Kier alpha value is -3.75. The number of hydrazine groups is 1. The van der Waals surface area contributed by atoms with Crippen molar-refractivity contribution in [3.05, 3.63) is 53.6 Å². The first-order valence-corrected chi connectivity index (χ1v) is 8.58. The minimum absolute atomic E-state index is 0.0538. The molecule has 9 nitrogen and oxygen atoms in total. The molecule has 0 saturated heterocycles. The topological polar surface area (TPSA) is 112 Å². The van der Waals surface area contributed by atoms with Crippen LogP contribution in [0.15, 0.2) is 42.5 Å². The Kier molecular flexibility index (Phi) is 7.41. The van der Waals surface area contributed by atoms with Crippen molar-refractivity contribution in [1.82, 2.24) is 10.9 Å². The van der Waals surface area contributed by atoms with Gasteiger partial charge >= 0.3 is 5.97 Å². The van der Waals surface area contributed by atoms with Crippen LogP contribution >= 0.6 is 0 Å². The Morgan fingerprint density at radius 2 is 1.48 bits per heavy atom. The Bertz CT molecular complexity index is 884. The van der Waals surface area contributed by atoms with Gasteiger partial charge in [-0.05, 0) is 31.2 Å². The molecule has 9 heteroatoms. The van der Waals surface area contributed by atoms with Gasteiger partial charge in [0.05, 0.1) is 21.3 Å². The average molecular weight is 402 g/mol. The molecule has 0 radical (unpaired) electrons. The van der Waals surface area contributed by atoms with Gasteiger partial charge in [-0.3, -0.25) is 20.4 Å². The smallest absolute Gasteiger partial charge is 0.342 e. The molecule has 2 aromatic carbocycles. The molecule has 29 heavy (non-hydrogen) atoms. The molecule has 0 unspecified atom stereocenters. The average Bonchev–Trinajstić information content (AvgIpc) is 2.76. The number of ether oxygens (including phenoxy) is 4. The third kappa shape index (κ3) is 5.16. The summed E-state index contributed by atoms with van der Waals surface area (Å²) in [6.07, 6.45) is -1.18. The Morgan fingerprint density at radius 1 is 0.828 bits per heavy atom. The lowest BCUT2D eigenvalue weighted by Crippen LogP contribution is -2.46. The second kappa shape index (κ2) is 9.98. The standard InChI is InChI=1S/C20H22N2O7/c1-12(18(23)21-22-19(24)13-8-6-5-7-9-13)29-20(25)14-10-11-15(26-2)17(28-4)16(14)27-3/h5-12H,1-4H3,(H,21,23)(H,22,24)/t12-/m1/s1. The number of methoxy groups -OCH3 is 3. The van der Waals surface area contributed by atoms with E-state index in [2.05, 4.69) is 10.9 Å². The van der Waals surface area contributed by atoms with E-state index in [-0.39, 0.29) is 17.1 Å². The van der Waals surface area contributed by atoms with Crippen molar-refractivity contribution in [3.63, 3.8) is 0 Å². The van der Waals surface area contributed by atoms with Crippen molar-refractivity contribution in [2.75, 3.05) is 21.3 Å². The summed E-state index contributed by atoms with van der Waals surface area (Å²) in [6.45, 7) is 1.37. The molecule has 2 aromatic rings. The summed E-state index contributed by atoms with van der Waals surface area (Å²) in [5.74, 6) is -1.31. The molecule has 154 valence electrons. The zero-order chi connectivity index (χ0) is 21.4. The minimum Gasteiger partial charge on any atom is -0.493 e. The largest absolute Gasteiger partial charge is 0.493 e. The molecule has 0 aliphatic heterocycles. The molecule has 0 aromatic heterocycles. The van der Waals surface area contributed by atoms with Gasteiger partial charge in [0.15, 0.2) is 17.6 Å². The number of carbonyl (C=O) groups is 3. The van der Waals surface area contributed by atoms with E-state index in [9.17, 15) is 14.4 Å². The van der Waals surface area contributed by atoms with Crippen molar-refractivity contribution in [3.8, 4) is 17.2 Å². The Labute approximate surface area is 167 Å². The molecular weight excluding hydrogens is 380 g/mol. The van der Waals surface area contributed by atoms with Crippen LogP contribution in [0.3, 0.4) is 0 Å². The number of esters is 1. The first kappa shape index (κ1) is 21.5. The molecule has 2 amide bonds. The van der Waals surface area contributed by atoms with Crippen LogP contribution in [-0.4, -0.2) is 45.2 Å². The number of nitrogens with one attached hydrogen (secondary N) is 2. The highest BCUT2D eigenvalue weighted by molar-refractivity contribution is 5.97. The second-order valence-corrected chi connectivity index (χ2v) is 5.74. The summed E-state index contributed by atoms with van der Waals surface area (Å²) < 4.78 is 20.8. The Morgan fingerprint density at radius 3 is 2.07 bits per heavy atom. The molecule has 0 spiro atoms. The van der Waals surface area contributed by atoms with Gasteiger partial charge in [-0.25, -0.2) is 4.79 Å². The summed E-state index contributed by atoms with van der Waals surface area (Å²) in [5.41, 5.74) is 4.89. The zero-order valence-electron chi connectivity index (χ0n) is 16.5. The summed E-state index contributed by atoms with van der Waals surface area (Å²) in [5, 5.41) is 0. The van der Waals surface area contributed by atoms with Crippen molar-refractivity contribution < 1.29 is 33.3 Å². The van der Waals surface area contributed by atoms with Crippen molar-refractivity contribution in [2.45, 2.75) is 13.0 Å². The lowest BCUT2D eigenvalue weighted by Gasteiger charge is -2.17. The van der Waals surface area contributed by atoms with Gasteiger partial charge < -0.3 is 18.9 Å². The van der Waals surface area contributed by atoms with E-state index in [4.69, 9.17) is 18.9 Å². The van der Waals surface area contributed by atoms with Crippen LogP contribution in [0.5, 0.6) is 17.2 Å². The van der Waals surface area contributed by atoms with Gasteiger partial charge in [-0.15, -0.1) is 0 Å². The Balaban J connectivity index is 2.03. The molecule has 2 rings (SSSR count). The van der Waals surface area contributed by atoms with Crippen molar-refractivity contribution >= 4 is 17.8 Å². The van der Waals surface area contributed by atoms with Crippen LogP contribution in [0.25, 0.3) is 0 Å². The summed E-state index contributed by atoms with van der Waals surface area (Å²) in [4.78, 5) is 36.6. The van der Waals surface area contributed by atoms with Crippen LogP contribution in [-0.2, 0) is 9.53 Å². The molecule has 0 bridgehead atoms. The highest BCUT2D eigenvalue weighted by Crippen LogP contribution is 2.40. The number of benzene rings is 2. The van der Waals surface area contributed by atoms with Gasteiger partial charge in [-0.1, -0.05) is 18.2 Å². The number of rotatable bonds is 7. The van der Waals surface area contributed by atoms with Crippen molar-refractivity contribution in [1.29, 1.82) is 0 Å². The van der Waals surface area contributed by atoms with E-state index in [0.29, 0.717) is 11.3 Å². The molecular formula is C20H22N2O7. The number of hydrogen-bond acceptors (Lipinski definition) is 7. The zero-order valence-corrected chi connectivity index (χ0v) is 16.5. The summed E-state index contributed by atoms with van der Waals surface area (Å²) in [6, 6.07) is 11.3. The van der Waals surface area contributed by atoms with Crippen LogP contribution in [0, 0.1) is 0 Å². The first-order valence-electron chi connectivity index (χ1n) is 8.58. The van der Waals surface area contributed by atoms with Crippen molar-refractivity contribution in [2.24, 2.45) is 0 Å². The van der Waals surface area contributed by atoms with Gasteiger partial charge in [0.1, 0.15) is 5.56 Å². The maximum absolute atomic E-state index is 12.5. The quantitative estimate of drug-likeness (QED) is 0.536. The fraction of sp³-hybridized carbons (Fsp3) is 0.250. The van der Waals surface area contributed by atoms with Crippen LogP contribution in [0.1, 0.15) is 27.6 Å². The van der Waals surface area contributed by atoms with Gasteiger partial charge in [0.2, 0.25) is 5.75 Å². The number of hydrogen-bond donors (Lipinski definition) is 2. The monoisotopic (exact) mass is 402 g/mol. The lowest BCUT2D eigenvalue weighted by molar-refractivity contribution is -0.129.